The Morgan fingerprint density at radius 2 is 2.00 bits per heavy atom. The van der Waals surface area contributed by atoms with Gasteiger partial charge in [-0.05, 0) is 28.1 Å². The molecule has 0 bridgehead atoms. The Labute approximate surface area is 107 Å². The van der Waals surface area contributed by atoms with E-state index in [0.717, 1.165) is 12.1 Å². The van der Waals surface area contributed by atoms with Crippen molar-refractivity contribution in [1.29, 1.82) is 0 Å². The lowest BCUT2D eigenvalue weighted by Crippen LogP contribution is -2.34. The minimum atomic E-state index is -4.38. The van der Waals surface area contributed by atoms with Gasteiger partial charge >= 0.3 is 12.3 Å². The maximum atomic E-state index is 13.3. The highest BCUT2D eigenvalue weighted by Gasteiger charge is 2.42. The number of hydrogen-bond acceptors (Lipinski definition) is 2. The van der Waals surface area contributed by atoms with Crippen LogP contribution in [-0.4, -0.2) is 25.2 Å². The number of rotatable bonds is 5. The normalized spacial score (nSPS) is 11.7. The summed E-state index contributed by atoms with van der Waals surface area (Å²) < 4.78 is 66.4. The summed E-state index contributed by atoms with van der Waals surface area (Å²) in [7, 11) is 0. The molecule has 1 aromatic carbocycles. The van der Waals surface area contributed by atoms with E-state index in [2.05, 4.69) is 20.7 Å². The smallest absolute Gasteiger partial charge is 0.340 e. The molecule has 0 aliphatic heterocycles. The number of benzene rings is 1. The molecule has 100 valence electrons. The summed E-state index contributed by atoms with van der Waals surface area (Å²) in [5.41, 5.74) is -0.0488. The minimum Gasteiger partial charge on any atom is -0.483 e. The molecule has 0 heterocycles. The Bertz CT molecular complexity index is 427. The molecule has 0 N–H and O–H groups in total. The van der Waals surface area contributed by atoms with E-state index < -0.39 is 30.5 Å². The van der Waals surface area contributed by atoms with Gasteiger partial charge in [0.25, 0.3) is 0 Å². The summed E-state index contributed by atoms with van der Waals surface area (Å²) in [6.07, 6.45) is -3.57. The second-order valence-corrected chi connectivity index (χ2v) is 4.14. The van der Waals surface area contributed by atoms with Crippen LogP contribution in [0.4, 0.5) is 22.0 Å². The first-order chi connectivity index (χ1) is 8.27. The topological polar surface area (TPSA) is 26.3 Å². The lowest BCUT2D eigenvalue weighted by Gasteiger charge is -2.17. The third-order valence-electron chi connectivity index (χ3n) is 1.88. The van der Waals surface area contributed by atoms with Crippen molar-refractivity contribution >= 4 is 22.2 Å². The largest absolute Gasteiger partial charge is 0.483 e. The first-order valence-electron chi connectivity index (χ1n) is 4.51. The van der Waals surface area contributed by atoms with E-state index in [4.69, 9.17) is 0 Å². The number of carbonyl (C=O) groups excluding carboxylic acids is 1. The van der Waals surface area contributed by atoms with E-state index in [1.165, 1.54) is 0 Å². The van der Waals surface area contributed by atoms with Gasteiger partial charge in [-0.2, -0.15) is 8.78 Å². The SMILES string of the molecule is O=Cc1cc(F)c(OCC(F)(F)C(F)F)c(Br)c1. The third-order valence-corrected chi connectivity index (χ3v) is 2.47. The highest BCUT2D eigenvalue weighted by molar-refractivity contribution is 9.10. The maximum Gasteiger partial charge on any atom is 0.340 e. The number of hydrogen-bond donors (Lipinski definition) is 0. The van der Waals surface area contributed by atoms with Crippen LogP contribution in [0.1, 0.15) is 10.4 Å². The Morgan fingerprint density at radius 3 is 2.44 bits per heavy atom. The molecule has 0 spiro atoms. The summed E-state index contributed by atoms with van der Waals surface area (Å²) in [5.74, 6) is -6.13. The van der Waals surface area contributed by atoms with Crippen LogP contribution < -0.4 is 4.74 Å². The van der Waals surface area contributed by atoms with Gasteiger partial charge in [0.15, 0.2) is 18.2 Å². The van der Waals surface area contributed by atoms with Crippen LogP contribution in [0.2, 0.25) is 0 Å². The van der Waals surface area contributed by atoms with Gasteiger partial charge in [-0.3, -0.25) is 4.79 Å². The molecule has 0 aliphatic rings. The zero-order valence-electron chi connectivity index (χ0n) is 8.60. The lowest BCUT2D eigenvalue weighted by atomic mass is 10.2. The van der Waals surface area contributed by atoms with Crippen LogP contribution in [0.15, 0.2) is 16.6 Å². The quantitative estimate of drug-likeness (QED) is 0.607. The molecular weight excluding hydrogens is 327 g/mol. The highest BCUT2D eigenvalue weighted by atomic mass is 79.9. The molecule has 0 aliphatic carbocycles. The van der Waals surface area contributed by atoms with Crippen molar-refractivity contribution in [1.82, 2.24) is 0 Å². The van der Waals surface area contributed by atoms with Crippen LogP contribution in [0.5, 0.6) is 5.75 Å². The van der Waals surface area contributed by atoms with E-state index in [-0.39, 0.29) is 10.0 Å². The molecule has 0 fully saturated rings. The summed E-state index contributed by atoms with van der Waals surface area (Å²) in [6.45, 7) is -1.67. The van der Waals surface area contributed by atoms with E-state index in [0.29, 0.717) is 6.29 Å². The second kappa shape index (κ2) is 5.64. The number of ether oxygens (including phenoxy) is 1. The summed E-state index contributed by atoms with van der Waals surface area (Å²) >= 11 is 2.79. The van der Waals surface area contributed by atoms with Crippen molar-refractivity contribution in [3.63, 3.8) is 0 Å². The van der Waals surface area contributed by atoms with Crippen molar-refractivity contribution in [3.8, 4) is 5.75 Å². The molecule has 18 heavy (non-hydrogen) atoms. The number of carbonyl (C=O) groups is 1. The molecule has 1 rings (SSSR count). The van der Waals surface area contributed by atoms with Gasteiger partial charge in [-0.25, -0.2) is 13.2 Å². The van der Waals surface area contributed by atoms with Gasteiger partial charge in [0.2, 0.25) is 0 Å². The zero-order chi connectivity index (χ0) is 13.9. The van der Waals surface area contributed by atoms with Gasteiger partial charge < -0.3 is 4.74 Å². The van der Waals surface area contributed by atoms with Crippen LogP contribution in [0, 0.1) is 5.82 Å². The third kappa shape index (κ3) is 3.41. The molecule has 0 atom stereocenters. The lowest BCUT2D eigenvalue weighted by molar-refractivity contribution is -0.148. The maximum absolute atomic E-state index is 13.3. The van der Waals surface area contributed by atoms with Crippen molar-refractivity contribution in [2.45, 2.75) is 12.3 Å². The Morgan fingerprint density at radius 1 is 1.39 bits per heavy atom. The Balaban J connectivity index is 2.89. The molecule has 0 saturated carbocycles. The van der Waals surface area contributed by atoms with Gasteiger partial charge in [-0.15, -0.1) is 0 Å². The molecule has 0 unspecified atom stereocenters. The van der Waals surface area contributed by atoms with E-state index >= 15 is 0 Å². The Kier molecular flexibility index (Phi) is 4.66. The van der Waals surface area contributed by atoms with Crippen LogP contribution >= 0.6 is 15.9 Å². The monoisotopic (exact) mass is 332 g/mol. The van der Waals surface area contributed by atoms with Crippen molar-refractivity contribution < 1.29 is 31.5 Å². The molecule has 0 saturated heterocycles. The molecular formula is C10H6BrF5O2. The molecule has 8 heteroatoms. The molecule has 0 aromatic heterocycles. The summed E-state index contributed by atoms with van der Waals surface area (Å²) in [4.78, 5) is 10.4. The fourth-order valence-corrected chi connectivity index (χ4v) is 1.58. The molecule has 0 amide bonds. The first kappa shape index (κ1) is 14.9. The van der Waals surface area contributed by atoms with Crippen molar-refractivity contribution in [3.05, 3.63) is 28.0 Å². The number of halogens is 6. The van der Waals surface area contributed by atoms with Crippen molar-refractivity contribution in [2.75, 3.05) is 6.61 Å². The van der Waals surface area contributed by atoms with E-state index in [9.17, 15) is 26.7 Å². The average Bonchev–Trinajstić information content (AvgIpc) is 2.27. The van der Waals surface area contributed by atoms with Crippen LogP contribution in [0.25, 0.3) is 0 Å². The fourth-order valence-electron chi connectivity index (χ4n) is 1.02. The highest BCUT2D eigenvalue weighted by Crippen LogP contribution is 2.31. The number of alkyl halides is 4. The van der Waals surface area contributed by atoms with Crippen LogP contribution in [0.3, 0.4) is 0 Å². The van der Waals surface area contributed by atoms with Crippen LogP contribution in [-0.2, 0) is 0 Å². The molecule has 0 radical (unpaired) electrons. The first-order valence-corrected chi connectivity index (χ1v) is 5.30. The van der Waals surface area contributed by atoms with Gasteiger partial charge in [0, 0.05) is 5.56 Å². The molecule has 1 aromatic rings. The zero-order valence-corrected chi connectivity index (χ0v) is 10.2. The minimum absolute atomic E-state index is 0.0488. The fraction of sp³-hybridized carbons (Fsp3) is 0.300. The average molecular weight is 333 g/mol. The summed E-state index contributed by atoms with van der Waals surface area (Å²) in [6, 6.07) is 1.86. The predicted molar refractivity (Wildman–Crippen MR) is 55.9 cm³/mol. The van der Waals surface area contributed by atoms with Gasteiger partial charge in [0.05, 0.1) is 4.47 Å². The molecule has 2 nitrogen and oxygen atoms in total. The van der Waals surface area contributed by atoms with E-state index in [1.54, 1.807) is 0 Å². The number of aldehydes is 1. The van der Waals surface area contributed by atoms with Crippen molar-refractivity contribution in [2.24, 2.45) is 0 Å². The predicted octanol–water partition coefficient (Wildman–Crippen LogP) is 3.68. The van der Waals surface area contributed by atoms with E-state index in [1.807, 2.05) is 0 Å². The standard InChI is InChI=1S/C10H6BrF5O2/c11-6-1-5(3-17)2-7(12)8(6)18-4-10(15,16)9(13)14/h1-3,9H,4H2. The van der Waals surface area contributed by atoms with Gasteiger partial charge in [0.1, 0.15) is 6.29 Å². The summed E-state index contributed by atoms with van der Waals surface area (Å²) in [5, 5.41) is 0. The van der Waals surface area contributed by atoms with Gasteiger partial charge in [-0.1, -0.05) is 0 Å². The second-order valence-electron chi connectivity index (χ2n) is 3.28. The Hall–Kier alpha value is -1.18.